The minimum Gasteiger partial charge on any atom is -0.444 e. The SMILES string of the molecule is CS(=O)(=O)Nc1ccccc1C(=O)O[C@H](C(=O)N1CCOCC1)c1ccccc1. The van der Waals surface area contributed by atoms with Crippen LogP contribution in [0.15, 0.2) is 54.6 Å². The fourth-order valence-corrected chi connectivity index (χ4v) is 3.54. The molecule has 0 saturated carbocycles. The third-order valence-electron chi connectivity index (χ3n) is 4.32. The molecule has 1 saturated heterocycles. The number of carbonyl (C=O) groups is 2. The van der Waals surface area contributed by atoms with Crippen LogP contribution in [0, 0.1) is 0 Å². The molecular weight excluding hydrogens is 396 g/mol. The molecule has 1 atom stereocenters. The Kier molecular flexibility index (Phi) is 6.50. The Labute approximate surface area is 169 Å². The summed E-state index contributed by atoms with van der Waals surface area (Å²) in [5.74, 6) is -1.14. The van der Waals surface area contributed by atoms with Crippen LogP contribution in [0.3, 0.4) is 0 Å². The van der Waals surface area contributed by atoms with Crippen LogP contribution in [-0.2, 0) is 24.3 Å². The molecule has 1 heterocycles. The molecule has 154 valence electrons. The Hall–Kier alpha value is -2.91. The summed E-state index contributed by atoms with van der Waals surface area (Å²) in [7, 11) is -3.59. The van der Waals surface area contributed by atoms with Gasteiger partial charge in [-0.1, -0.05) is 42.5 Å². The fraction of sp³-hybridized carbons (Fsp3) is 0.300. The lowest BCUT2D eigenvalue weighted by Gasteiger charge is -2.30. The van der Waals surface area contributed by atoms with Gasteiger partial charge in [0.1, 0.15) is 0 Å². The van der Waals surface area contributed by atoms with Crippen molar-refractivity contribution < 1.29 is 27.5 Å². The molecule has 1 aliphatic rings. The Balaban J connectivity index is 1.88. The van der Waals surface area contributed by atoms with Crippen LogP contribution in [-0.4, -0.2) is 57.8 Å². The number of para-hydroxylation sites is 1. The largest absolute Gasteiger partial charge is 0.444 e. The monoisotopic (exact) mass is 418 g/mol. The van der Waals surface area contributed by atoms with E-state index in [1.54, 1.807) is 47.4 Å². The number of hydrogen-bond donors (Lipinski definition) is 1. The molecule has 0 unspecified atom stereocenters. The maximum atomic E-state index is 13.1. The Morgan fingerprint density at radius 2 is 1.66 bits per heavy atom. The second-order valence-corrected chi connectivity index (χ2v) is 8.30. The van der Waals surface area contributed by atoms with Gasteiger partial charge in [0.2, 0.25) is 16.1 Å². The summed E-state index contributed by atoms with van der Waals surface area (Å²) in [6.07, 6.45) is -0.155. The molecule has 9 heteroatoms. The normalized spacial score (nSPS) is 15.4. The minimum absolute atomic E-state index is 0.0219. The zero-order valence-electron chi connectivity index (χ0n) is 15.9. The highest BCUT2D eigenvalue weighted by molar-refractivity contribution is 7.92. The number of rotatable bonds is 6. The summed E-state index contributed by atoms with van der Waals surface area (Å²) in [5, 5.41) is 0. The standard InChI is InChI=1S/C20H22N2O6S/c1-29(25,26)21-17-10-6-5-9-16(17)20(24)28-18(15-7-3-2-4-8-15)19(23)22-11-13-27-14-12-22/h2-10,18,21H,11-14H2,1H3/t18-/m0/s1. The smallest absolute Gasteiger partial charge is 0.341 e. The first-order chi connectivity index (χ1) is 13.8. The summed E-state index contributed by atoms with van der Waals surface area (Å²) >= 11 is 0. The molecule has 2 aromatic rings. The molecule has 1 N–H and O–H groups in total. The highest BCUT2D eigenvalue weighted by atomic mass is 32.2. The second kappa shape index (κ2) is 9.06. The van der Waals surface area contributed by atoms with Gasteiger partial charge in [-0.2, -0.15) is 0 Å². The van der Waals surface area contributed by atoms with E-state index in [9.17, 15) is 18.0 Å². The average Bonchev–Trinajstić information content (AvgIpc) is 2.72. The fourth-order valence-electron chi connectivity index (χ4n) is 2.96. The number of nitrogens with zero attached hydrogens (tertiary/aromatic N) is 1. The molecule has 1 fully saturated rings. The first kappa shape index (κ1) is 20.8. The number of morpholine rings is 1. The molecule has 1 amide bonds. The summed E-state index contributed by atoms with van der Waals surface area (Å²) < 4.78 is 36.4. The van der Waals surface area contributed by atoms with E-state index >= 15 is 0 Å². The van der Waals surface area contributed by atoms with Crippen LogP contribution in [0.4, 0.5) is 5.69 Å². The lowest BCUT2D eigenvalue weighted by molar-refractivity contribution is -0.145. The van der Waals surface area contributed by atoms with Crippen LogP contribution in [0.5, 0.6) is 0 Å². The maximum Gasteiger partial charge on any atom is 0.341 e. The molecule has 29 heavy (non-hydrogen) atoms. The van der Waals surface area contributed by atoms with Gasteiger partial charge >= 0.3 is 5.97 Å². The number of sulfonamides is 1. The van der Waals surface area contributed by atoms with E-state index in [0.717, 1.165) is 6.26 Å². The zero-order chi connectivity index (χ0) is 20.9. The van der Waals surface area contributed by atoms with E-state index in [0.29, 0.717) is 31.9 Å². The molecule has 0 aliphatic carbocycles. The first-order valence-electron chi connectivity index (χ1n) is 9.04. The van der Waals surface area contributed by atoms with Crippen molar-refractivity contribution in [1.29, 1.82) is 0 Å². The number of nitrogens with one attached hydrogen (secondary N) is 1. The van der Waals surface area contributed by atoms with E-state index in [-0.39, 0.29) is 17.2 Å². The van der Waals surface area contributed by atoms with Crippen molar-refractivity contribution in [3.8, 4) is 0 Å². The minimum atomic E-state index is -3.59. The number of anilines is 1. The number of esters is 1. The van der Waals surface area contributed by atoms with Crippen LogP contribution < -0.4 is 4.72 Å². The number of carbonyl (C=O) groups excluding carboxylic acids is 2. The Morgan fingerprint density at radius 3 is 2.31 bits per heavy atom. The van der Waals surface area contributed by atoms with Gasteiger partial charge < -0.3 is 14.4 Å². The summed E-state index contributed by atoms with van der Waals surface area (Å²) in [4.78, 5) is 27.5. The molecule has 1 aliphatic heterocycles. The van der Waals surface area contributed by atoms with Gasteiger partial charge in [0.25, 0.3) is 5.91 Å². The van der Waals surface area contributed by atoms with Crippen LogP contribution in [0.25, 0.3) is 0 Å². The first-order valence-corrected chi connectivity index (χ1v) is 10.9. The van der Waals surface area contributed by atoms with E-state index in [2.05, 4.69) is 4.72 Å². The highest BCUT2D eigenvalue weighted by Crippen LogP contribution is 2.25. The van der Waals surface area contributed by atoms with Crippen molar-refractivity contribution in [3.63, 3.8) is 0 Å². The molecule has 3 rings (SSSR count). The van der Waals surface area contributed by atoms with Gasteiger partial charge in [-0.3, -0.25) is 9.52 Å². The van der Waals surface area contributed by atoms with E-state index in [4.69, 9.17) is 9.47 Å². The van der Waals surface area contributed by atoms with Gasteiger partial charge in [-0.15, -0.1) is 0 Å². The highest BCUT2D eigenvalue weighted by Gasteiger charge is 2.31. The Morgan fingerprint density at radius 1 is 1.03 bits per heavy atom. The van der Waals surface area contributed by atoms with Crippen molar-refractivity contribution in [3.05, 3.63) is 65.7 Å². The summed E-state index contributed by atoms with van der Waals surface area (Å²) in [6.45, 7) is 1.66. The molecule has 0 radical (unpaired) electrons. The molecule has 8 nitrogen and oxygen atoms in total. The zero-order valence-corrected chi connectivity index (χ0v) is 16.7. The molecule has 2 aromatic carbocycles. The van der Waals surface area contributed by atoms with Crippen molar-refractivity contribution in [1.82, 2.24) is 4.90 Å². The lowest BCUT2D eigenvalue weighted by atomic mass is 10.1. The third kappa shape index (κ3) is 5.55. The molecule has 0 aromatic heterocycles. The van der Waals surface area contributed by atoms with Crippen LogP contribution in [0.1, 0.15) is 22.0 Å². The maximum absolute atomic E-state index is 13.1. The van der Waals surface area contributed by atoms with Gasteiger partial charge in [0.05, 0.1) is 30.7 Å². The number of hydrogen-bond acceptors (Lipinski definition) is 6. The Bertz CT molecular complexity index is 971. The van der Waals surface area contributed by atoms with Gasteiger partial charge in [0.15, 0.2) is 0 Å². The van der Waals surface area contributed by atoms with Gasteiger partial charge in [-0.25, -0.2) is 13.2 Å². The molecule has 0 spiro atoms. The van der Waals surface area contributed by atoms with Gasteiger partial charge in [-0.05, 0) is 12.1 Å². The van der Waals surface area contributed by atoms with Crippen LogP contribution in [0.2, 0.25) is 0 Å². The van der Waals surface area contributed by atoms with Crippen molar-refractivity contribution in [2.75, 3.05) is 37.3 Å². The van der Waals surface area contributed by atoms with E-state index < -0.39 is 22.1 Å². The van der Waals surface area contributed by atoms with Crippen molar-refractivity contribution >= 4 is 27.6 Å². The third-order valence-corrected chi connectivity index (χ3v) is 4.91. The average molecular weight is 418 g/mol. The van der Waals surface area contributed by atoms with Crippen molar-refractivity contribution in [2.24, 2.45) is 0 Å². The van der Waals surface area contributed by atoms with E-state index in [1.165, 1.54) is 12.1 Å². The van der Waals surface area contributed by atoms with Gasteiger partial charge in [0, 0.05) is 18.7 Å². The van der Waals surface area contributed by atoms with Crippen molar-refractivity contribution in [2.45, 2.75) is 6.10 Å². The topological polar surface area (TPSA) is 102 Å². The second-order valence-electron chi connectivity index (χ2n) is 6.55. The summed E-state index contributed by atoms with van der Waals surface area (Å²) in [6, 6.07) is 14.8. The van der Waals surface area contributed by atoms with Crippen LogP contribution >= 0.6 is 0 Å². The van der Waals surface area contributed by atoms with E-state index in [1.807, 2.05) is 0 Å². The summed E-state index contributed by atoms with van der Waals surface area (Å²) in [5.41, 5.74) is 0.644. The molecule has 0 bridgehead atoms. The lowest BCUT2D eigenvalue weighted by Crippen LogP contribution is -2.44. The molecular formula is C20H22N2O6S. The predicted octanol–water partition coefficient (Wildman–Crippen LogP) is 1.81. The number of ether oxygens (including phenoxy) is 2. The predicted molar refractivity (Wildman–Crippen MR) is 107 cm³/mol. The number of amides is 1. The number of benzene rings is 2. The quantitative estimate of drug-likeness (QED) is 0.718.